The minimum absolute atomic E-state index is 0.0660. The Kier molecular flexibility index (Phi) is 6.02. The molecule has 0 amide bonds. The van der Waals surface area contributed by atoms with E-state index in [2.05, 4.69) is 4.85 Å². The van der Waals surface area contributed by atoms with E-state index in [0.29, 0.717) is 44.0 Å². The molecule has 3 aromatic carbocycles. The van der Waals surface area contributed by atoms with E-state index in [0.717, 1.165) is 24.0 Å². The number of carbonyl (C=O) groups is 2. The van der Waals surface area contributed by atoms with Crippen molar-refractivity contribution in [3.63, 3.8) is 0 Å². The zero-order valence-electron chi connectivity index (χ0n) is 20.0. The van der Waals surface area contributed by atoms with Crippen molar-refractivity contribution in [2.75, 3.05) is 0 Å². The lowest BCUT2D eigenvalue weighted by atomic mass is 9.93. The Morgan fingerprint density at radius 2 is 1.75 bits per heavy atom. The van der Waals surface area contributed by atoms with Crippen LogP contribution in [0.5, 0.6) is 0 Å². The van der Waals surface area contributed by atoms with Crippen molar-refractivity contribution in [2.24, 2.45) is 0 Å². The largest absolute Gasteiger partial charge is 0.455 e. The first-order valence-electron chi connectivity index (χ1n) is 11.8. The second-order valence-electron chi connectivity index (χ2n) is 9.38. The molecule has 0 saturated heterocycles. The third-order valence-corrected chi connectivity index (χ3v) is 7.19. The van der Waals surface area contributed by atoms with Gasteiger partial charge in [0.1, 0.15) is 17.2 Å². The summed E-state index contributed by atoms with van der Waals surface area (Å²) in [6.07, 6.45) is 1.99. The lowest BCUT2D eigenvalue weighted by molar-refractivity contribution is 0.0971. The number of halogens is 2. The van der Waals surface area contributed by atoms with Crippen LogP contribution in [0.15, 0.2) is 59.0 Å². The Bertz CT molecular complexity index is 1570. The van der Waals surface area contributed by atoms with Crippen molar-refractivity contribution in [3.05, 3.63) is 93.5 Å². The lowest BCUT2D eigenvalue weighted by Crippen LogP contribution is -2.12. The molecule has 1 saturated carbocycles. The molecule has 6 heteroatoms. The molecular formula is C30H23ClFNO3. The van der Waals surface area contributed by atoms with Gasteiger partial charge in [-0.2, -0.15) is 0 Å². The molecule has 180 valence electrons. The molecule has 1 aliphatic rings. The van der Waals surface area contributed by atoms with Gasteiger partial charge in [-0.05, 0) is 66.6 Å². The third-order valence-electron chi connectivity index (χ3n) is 6.87. The number of carbonyl (C=O) groups excluding carboxylic acids is 2. The summed E-state index contributed by atoms with van der Waals surface area (Å²) in [5.41, 5.74) is 3.75. The third kappa shape index (κ3) is 4.23. The molecule has 0 unspecified atom stereocenters. The van der Waals surface area contributed by atoms with E-state index >= 15 is 0 Å². The summed E-state index contributed by atoms with van der Waals surface area (Å²) >= 11 is 6.62. The summed E-state index contributed by atoms with van der Waals surface area (Å²) in [7, 11) is 0. The number of Topliss-reactive ketones (excluding diaryl/α,β-unsaturated/α-hetero) is 2. The smallest absolute Gasteiger partial charge is 0.240 e. The highest BCUT2D eigenvalue weighted by Crippen LogP contribution is 2.44. The fourth-order valence-electron chi connectivity index (χ4n) is 4.58. The number of fused-ring (bicyclic) bond motifs is 1. The van der Waals surface area contributed by atoms with Gasteiger partial charge in [0, 0.05) is 46.4 Å². The van der Waals surface area contributed by atoms with E-state index in [1.165, 1.54) is 12.1 Å². The molecule has 0 aliphatic heterocycles. The van der Waals surface area contributed by atoms with Crippen LogP contribution in [0.2, 0.25) is 5.02 Å². The highest BCUT2D eigenvalue weighted by atomic mass is 35.5. The van der Waals surface area contributed by atoms with E-state index in [1.807, 2.05) is 19.1 Å². The summed E-state index contributed by atoms with van der Waals surface area (Å²) in [6, 6.07) is 14.9. The molecule has 0 N–H and O–H groups in total. The van der Waals surface area contributed by atoms with Crippen molar-refractivity contribution in [2.45, 2.75) is 45.1 Å². The Morgan fingerprint density at radius 3 is 2.39 bits per heavy atom. The predicted molar refractivity (Wildman–Crippen MR) is 139 cm³/mol. The summed E-state index contributed by atoms with van der Waals surface area (Å²) in [5, 5.41) is 1.12. The predicted octanol–water partition coefficient (Wildman–Crippen LogP) is 8.49. The number of furan rings is 1. The van der Waals surface area contributed by atoms with E-state index in [1.54, 1.807) is 37.3 Å². The molecule has 5 rings (SSSR count). The van der Waals surface area contributed by atoms with Crippen molar-refractivity contribution in [1.29, 1.82) is 0 Å². The second-order valence-corrected chi connectivity index (χ2v) is 9.79. The maximum Gasteiger partial charge on any atom is 0.240 e. The standard InChI is InChI=1S/C30H23ClFNO3/c1-4-25(34)28-23-14-19(7-10-27(23)36-29(28)18-5-8-20(32)9-6-18)22-15-21(17(2)13-24(22)31)26(35)16-30(33-3)11-12-30/h5-10,13-15H,4,11-12,16H2,1-2H3. The van der Waals surface area contributed by atoms with Crippen molar-refractivity contribution < 1.29 is 18.4 Å². The van der Waals surface area contributed by atoms with Gasteiger partial charge in [-0.25, -0.2) is 11.0 Å². The minimum atomic E-state index is -0.550. The van der Waals surface area contributed by atoms with Crippen LogP contribution in [-0.4, -0.2) is 17.1 Å². The van der Waals surface area contributed by atoms with Crippen LogP contribution in [0.3, 0.4) is 0 Å². The van der Waals surface area contributed by atoms with Crippen LogP contribution >= 0.6 is 11.6 Å². The van der Waals surface area contributed by atoms with Crippen molar-refractivity contribution in [3.8, 4) is 22.5 Å². The van der Waals surface area contributed by atoms with Crippen LogP contribution in [0.25, 0.3) is 38.3 Å². The Hall–Kier alpha value is -3.75. The van der Waals surface area contributed by atoms with Crippen molar-refractivity contribution >= 4 is 34.1 Å². The molecule has 0 atom stereocenters. The maximum absolute atomic E-state index is 13.5. The second kappa shape index (κ2) is 9.04. The number of aryl methyl sites for hydroxylation is 1. The quantitative estimate of drug-likeness (QED) is 0.189. The first-order chi connectivity index (χ1) is 17.2. The molecule has 0 bridgehead atoms. The molecule has 4 aromatic rings. The number of hydrogen-bond donors (Lipinski definition) is 0. The van der Waals surface area contributed by atoms with E-state index in [9.17, 15) is 14.0 Å². The van der Waals surface area contributed by atoms with Gasteiger partial charge >= 0.3 is 0 Å². The summed E-state index contributed by atoms with van der Waals surface area (Å²) in [5.74, 6) is -0.133. The maximum atomic E-state index is 13.5. The number of rotatable bonds is 7. The Balaban J connectivity index is 1.63. The van der Waals surface area contributed by atoms with Gasteiger partial charge in [0.15, 0.2) is 11.6 Å². The molecule has 0 radical (unpaired) electrons. The number of benzene rings is 3. The zero-order valence-corrected chi connectivity index (χ0v) is 20.7. The molecule has 4 nitrogen and oxygen atoms in total. The highest BCUT2D eigenvalue weighted by molar-refractivity contribution is 6.33. The average molecular weight is 500 g/mol. The van der Waals surface area contributed by atoms with Crippen LogP contribution in [0.1, 0.15) is 58.9 Å². The van der Waals surface area contributed by atoms with Gasteiger partial charge in [0.25, 0.3) is 0 Å². The van der Waals surface area contributed by atoms with E-state index in [4.69, 9.17) is 22.6 Å². The van der Waals surface area contributed by atoms with Crippen molar-refractivity contribution in [1.82, 2.24) is 0 Å². The fourth-order valence-corrected chi connectivity index (χ4v) is 4.91. The molecule has 1 heterocycles. The van der Waals surface area contributed by atoms with Gasteiger partial charge < -0.3 is 9.26 Å². The normalized spacial score (nSPS) is 14.0. The van der Waals surface area contributed by atoms with E-state index < -0.39 is 5.54 Å². The molecule has 1 aromatic heterocycles. The van der Waals surface area contributed by atoms with Crippen LogP contribution in [0, 0.1) is 19.3 Å². The van der Waals surface area contributed by atoms with Crippen LogP contribution < -0.4 is 0 Å². The average Bonchev–Trinajstić information content (AvgIpc) is 3.54. The van der Waals surface area contributed by atoms with E-state index in [-0.39, 0.29) is 30.2 Å². The van der Waals surface area contributed by atoms with Gasteiger partial charge in [-0.3, -0.25) is 9.59 Å². The molecule has 1 fully saturated rings. The molecule has 36 heavy (non-hydrogen) atoms. The van der Waals surface area contributed by atoms with Crippen LogP contribution in [-0.2, 0) is 0 Å². The molecule has 1 aliphatic carbocycles. The number of nitrogens with zero attached hydrogens (tertiary/aromatic N) is 1. The summed E-state index contributed by atoms with van der Waals surface area (Å²) < 4.78 is 19.6. The molecule has 0 spiro atoms. The monoisotopic (exact) mass is 499 g/mol. The lowest BCUT2D eigenvalue weighted by Gasteiger charge is -2.12. The molecular weight excluding hydrogens is 477 g/mol. The van der Waals surface area contributed by atoms with Crippen LogP contribution in [0.4, 0.5) is 4.39 Å². The topological polar surface area (TPSA) is 51.6 Å². The number of ketones is 2. The van der Waals surface area contributed by atoms with Gasteiger partial charge in [0.05, 0.1) is 12.0 Å². The van der Waals surface area contributed by atoms with Gasteiger partial charge in [0.2, 0.25) is 5.54 Å². The fraction of sp³-hybridized carbons (Fsp3) is 0.233. The van der Waals surface area contributed by atoms with Gasteiger partial charge in [-0.1, -0.05) is 24.6 Å². The Labute approximate surface area is 213 Å². The highest BCUT2D eigenvalue weighted by Gasteiger charge is 2.52. The summed E-state index contributed by atoms with van der Waals surface area (Å²) in [6.45, 7) is 11.0. The SMILES string of the molecule is [C-]#[N+]C1(CC(=O)c2cc(-c3ccc4oc(-c5ccc(F)cc5)c(C(=O)CC)c4c3)c(Cl)cc2C)CC1. The minimum Gasteiger partial charge on any atom is -0.455 e. The number of hydrogen-bond acceptors (Lipinski definition) is 3. The summed E-state index contributed by atoms with van der Waals surface area (Å²) in [4.78, 5) is 29.7. The zero-order chi connectivity index (χ0) is 25.6. The first kappa shape index (κ1) is 24.0. The van der Waals surface area contributed by atoms with Gasteiger partial charge in [-0.15, -0.1) is 0 Å². The Morgan fingerprint density at radius 1 is 1.06 bits per heavy atom. The first-order valence-corrected chi connectivity index (χ1v) is 12.2.